The fourth-order valence-corrected chi connectivity index (χ4v) is 0.461. The van der Waals surface area contributed by atoms with Crippen LogP contribution in [0.4, 0.5) is 4.39 Å². The van der Waals surface area contributed by atoms with Crippen LogP contribution < -0.4 is 0 Å². The minimum absolute atomic E-state index is 0.664. The molecule has 3 nitrogen and oxygen atoms in total. The summed E-state index contributed by atoms with van der Waals surface area (Å²) < 4.78 is 12.1. The van der Waals surface area contributed by atoms with Crippen LogP contribution in [-0.2, 0) is 4.79 Å². The van der Waals surface area contributed by atoms with Crippen molar-refractivity contribution in [3.8, 4) is 0 Å². The molecule has 1 aliphatic rings. The van der Waals surface area contributed by atoms with Crippen LogP contribution in [0.15, 0.2) is 17.3 Å². The second kappa shape index (κ2) is 2.06. The van der Waals surface area contributed by atoms with E-state index in [0.717, 1.165) is 12.3 Å². The molecule has 0 aliphatic carbocycles. The molecule has 0 spiro atoms. The molecule has 1 rings (SSSR count). The summed E-state index contributed by atoms with van der Waals surface area (Å²) in [6.07, 6.45) is 0.369. The van der Waals surface area contributed by atoms with E-state index in [2.05, 4.69) is 4.99 Å². The smallest absolute Gasteiger partial charge is 0.225 e. The number of aliphatic imine (C=N–C) groups is 1. The lowest BCUT2D eigenvalue weighted by molar-refractivity contribution is -0.119. The third kappa shape index (κ3) is 1.02. The number of hydrogen-bond acceptors (Lipinski definition) is 3. The van der Waals surface area contributed by atoms with Gasteiger partial charge in [-0.15, -0.1) is 0 Å². The van der Waals surface area contributed by atoms with Crippen molar-refractivity contribution in [3.63, 3.8) is 0 Å². The van der Waals surface area contributed by atoms with E-state index in [0.29, 0.717) is 0 Å². The number of carbonyl (C=O) groups is 1. The summed E-state index contributed by atoms with van der Waals surface area (Å²) in [5.74, 6) is -1.70. The van der Waals surface area contributed by atoms with Gasteiger partial charge in [-0.2, -0.15) is 4.39 Å². The Morgan fingerprint density at radius 2 is 2.44 bits per heavy atom. The molecule has 0 aromatic carbocycles. The summed E-state index contributed by atoms with van der Waals surface area (Å²) in [7, 11) is 0. The standard InChI is InChI=1S/C5H4FNO2/c6-5-4(9)3(8)1-2-7-5/h1-2,4,9H. The number of hydrogen-bond donors (Lipinski definition) is 1. The van der Waals surface area contributed by atoms with Gasteiger partial charge < -0.3 is 5.11 Å². The number of aliphatic hydroxyl groups excluding tert-OH is 1. The van der Waals surface area contributed by atoms with Crippen LogP contribution in [-0.4, -0.2) is 23.0 Å². The van der Waals surface area contributed by atoms with Crippen molar-refractivity contribution in [1.29, 1.82) is 0 Å². The second-order valence-corrected chi connectivity index (χ2v) is 1.57. The van der Waals surface area contributed by atoms with E-state index in [4.69, 9.17) is 5.11 Å². The lowest BCUT2D eigenvalue weighted by atomic mass is 10.2. The van der Waals surface area contributed by atoms with E-state index < -0.39 is 17.9 Å². The van der Waals surface area contributed by atoms with Crippen molar-refractivity contribution < 1.29 is 14.3 Å². The van der Waals surface area contributed by atoms with Gasteiger partial charge in [-0.05, 0) is 0 Å². The molecule has 0 radical (unpaired) electrons. The Kier molecular flexibility index (Phi) is 1.40. The Balaban J connectivity index is 2.86. The SMILES string of the molecule is O=C1C=CN=C(F)C1O. The summed E-state index contributed by atoms with van der Waals surface area (Å²) in [4.78, 5) is 13.4. The molecule has 1 atom stereocenters. The van der Waals surface area contributed by atoms with Crippen molar-refractivity contribution in [2.24, 2.45) is 4.99 Å². The van der Waals surface area contributed by atoms with Crippen molar-refractivity contribution in [2.75, 3.05) is 0 Å². The second-order valence-electron chi connectivity index (χ2n) is 1.57. The molecular weight excluding hydrogens is 125 g/mol. The van der Waals surface area contributed by atoms with Gasteiger partial charge in [0.25, 0.3) is 0 Å². The summed E-state index contributed by atoms with van der Waals surface area (Å²) >= 11 is 0. The van der Waals surface area contributed by atoms with Gasteiger partial charge in [-0.1, -0.05) is 0 Å². The molecule has 0 saturated heterocycles. The van der Waals surface area contributed by atoms with Gasteiger partial charge in [-0.3, -0.25) is 4.79 Å². The highest BCUT2D eigenvalue weighted by Crippen LogP contribution is 2.00. The maximum absolute atomic E-state index is 12.1. The number of aliphatic hydroxyl groups is 1. The largest absolute Gasteiger partial charge is 0.376 e. The highest BCUT2D eigenvalue weighted by atomic mass is 19.1. The number of ketones is 1. The van der Waals surface area contributed by atoms with E-state index in [1.807, 2.05) is 0 Å². The van der Waals surface area contributed by atoms with Crippen molar-refractivity contribution in [3.05, 3.63) is 12.3 Å². The Labute approximate surface area is 50.5 Å². The van der Waals surface area contributed by atoms with Gasteiger partial charge in [0.1, 0.15) is 0 Å². The Bertz CT molecular complexity index is 197. The molecule has 1 N–H and O–H groups in total. The van der Waals surface area contributed by atoms with Crippen molar-refractivity contribution in [2.45, 2.75) is 6.10 Å². The first-order chi connectivity index (χ1) is 4.22. The van der Waals surface area contributed by atoms with E-state index in [9.17, 15) is 9.18 Å². The quantitative estimate of drug-likeness (QED) is 0.493. The molecule has 4 heteroatoms. The van der Waals surface area contributed by atoms with Gasteiger partial charge in [0.2, 0.25) is 5.97 Å². The van der Waals surface area contributed by atoms with E-state index in [1.54, 1.807) is 0 Å². The minimum atomic E-state index is -1.67. The van der Waals surface area contributed by atoms with E-state index >= 15 is 0 Å². The van der Waals surface area contributed by atoms with Crippen LogP contribution >= 0.6 is 0 Å². The summed E-state index contributed by atoms with van der Waals surface area (Å²) in [6, 6.07) is 0. The van der Waals surface area contributed by atoms with E-state index in [1.165, 1.54) is 0 Å². The highest BCUT2D eigenvalue weighted by Gasteiger charge is 2.21. The lowest BCUT2D eigenvalue weighted by Crippen LogP contribution is -2.27. The lowest BCUT2D eigenvalue weighted by Gasteiger charge is -2.04. The van der Waals surface area contributed by atoms with Crippen LogP contribution in [0.2, 0.25) is 0 Å². The minimum Gasteiger partial charge on any atom is -0.376 e. The van der Waals surface area contributed by atoms with Crippen LogP contribution in [0.1, 0.15) is 0 Å². The highest BCUT2D eigenvalue weighted by molar-refractivity contribution is 6.10. The predicted molar refractivity (Wildman–Crippen MR) is 28.7 cm³/mol. The Hall–Kier alpha value is -1.03. The molecular formula is C5H4FNO2. The van der Waals surface area contributed by atoms with Crippen LogP contribution in [0.3, 0.4) is 0 Å². The molecule has 1 unspecified atom stereocenters. The zero-order valence-electron chi connectivity index (χ0n) is 4.41. The summed E-state index contributed by atoms with van der Waals surface area (Å²) in [5.41, 5.74) is 0. The maximum Gasteiger partial charge on any atom is 0.225 e. The molecule has 9 heavy (non-hydrogen) atoms. The molecule has 0 fully saturated rings. The summed E-state index contributed by atoms with van der Waals surface area (Å²) in [6.45, 7) is 0. The van der Waals surface area contributed by atoms with Crippen LogP contribution in [0.25, 0.3) is 0 Å². The van der Waals surface area contributed by atoms with E-state index in [-0.39, 0.29) is 0 Å². The zero-order valence-corrected chi connectivity index (χ0v) is 4.41. The van der Waals surface area contributed by atoms with Crippen molar-refractivity contribution >= 4 is 11.7 Å². The van der Waals surface area contributed by atoms with Gasteiger partial charge in [0.05, 0.1) is 0 Å². The first-order valence-corrected chi connectivity index (χ1v) is 2.33. The summed E-state index contributed by atoms with van der Waals surface area (Å²) in [5, 5.41) is 8.54. The third-order valence-corrected chi connectivity index (χ3v) is 0.932. The number of carbonyl (C=O) groups excluding carboxylic acids is 1. The fourth-order valence-electron chi connectivity index (χ4n) is 0.461. The molecule has 1 aliphatic heterocycles. The van der Waals surface area contributed by atoms with Crippen LogP contribution in [0, 0.1) is 0 Å². The fraction of sp³-hybridized carbons (Fsp3) is 0.200. The molecule has 0 saturated carbocycles. The molecule has 48 valence electrons. The van der Waals surface area contributed by atoms with Crippen molar-refractivity contribution in [1.82, 2.24) is 0 Å². The normalized spacial score (nSPS) is 26.2. The molecule has 0 aromatic rings. The van der Waals surface area contributed by atoms with Gasteiger partial charge in [-0.25, -0.2) is 4.99 Å². The molecule has 0 aromatic heterocycles. The van der Waals surface area contributed by atoms with Crippen LogP contribution in [0.5, 0.6) is 0 Å². The first kappa shape index (κ1) is 6.10. The predicted octanol–water partition coefficient (Wildman–Crippen LogP) is -0.188. The van der Waals surface area contributed by atoms with Gasteiger partial charge in [0, 0.05) is 12.3 Å². The van der Waals surface area contributed by atoms with Gasteiger partial charge >= 0.3 is 0 Å². The average Bonchev–Trinajstić information content (AvgIpc) is 1.83. The third-order valence-electron chi connectivity index (χ3n) is 0.932. The molecule has 1 heterocycles. The Morgan fingerprint density at radius 1 is 1.78 bits per heavy atom. The monoisotopic (exact) mass is 129 g/mol. The molecule has 0 amide bonds. The van der Waals surface area contributed by atoms with Gasteiger partial charge in [0.15, 0.2) is 11.9 Å². The molecule has 0 bridgehead atoms. The number of halogens is 1. The maximum atomic E-state index is 12.1. The average molecular weight is 129 g/mol. The topological polar surface area (TPSA) is 49.7 Å². The zero-order chi connectivity index (χ0) is 6.85. The Morgan fingerprint density at radius 3 is 2.89 bits per heavy atom. The first-order valence-electron chi connectivity index (χ1n) is 2.33. The number of rotatable bonds is 0. The number of nitrogens with zero attached hydrogens (tertiary/aromatic N) is 1.